The average Bonchev–Trinajstić information content (AvgIpc) is 3.20. The van der Waals surface area contributed by atoms with Gasteiger partial charge in [0.15, 0.2) is 6.61 Å². The summed E-state index contributed by atoms with van der Waals surface area (Å²) in [5.41, 5.74) is 0.632. The van der Waals surface area contributed by atoms with Gasteiger partial charge >= 0.3 is 12.0 Å². The van der Waals surface area contributed by atoms with Gasteiger partial charge in [-0.2, -0.15) is 0 Å². The van der Waals surface area contributed by atoms with Crippen molar-refractivity contribution < 1.29 is 27.2 Å². The molecule has 168 valence electrons. The van der Waals surface area contributed by atoms with Gasteiger partial charge in [0.05, 0.1) is 10.5 Å². The Labute approximate surface area is 192 Å². The summed E-state index contributed by atoms with van der Waals surface area (Å²) in [7, 11) is -3.81. The molecule has 0 unspecified atom stereocenters. The van der Waals surface area contributed by atoms with Gasteiger partial charge in [0.1, 0.15) is 0 Å². The predicted molar refractivity (Wildman–Crippen MR) is 118 cm³/mol. The van der Waals surface area contributed by atoms with E-state index in [-0.39, 0.29) is 28.4 Å². The van der Waals surface area contributed by atoms with Crippen molar-refractivity contribution in [2.24, 2.45) is 0 Å². The fraction of sp³-hybridized carbons (Fsp3) is 0.200. The molecule has 0 aliphatic heterocycles. The zero-order chi connectivity index (χ0) is 23.3. The van der Waals surface area contributed by atoms with Crippen LogP contribution in [0.1, 0.15) is 24.2 Å². The molecule has 1 heterocycles. The molecule has 10 nitrogen and oxygen atoms in total. The number of sulfonamides is 1. The summed E-state index contributed by atoms with van der Waals surface area (Å²) in [6.07, 6.45) is 0. The van der Waals surface area contributed by atoms with Gasteiger partial charge in [-0.3, -0.25) is 10.1 Å². The number of nitrogens with one attached hydrogen (secondary N) is 2. The quantitative estimate of drug-likeness (QED) is 0.430. The highest BCUT2D eigenvalue weighted by atomic mass is 79.9. The van der Waals surface area contributed by atoms with Gasteiger partial charge in [-0.05, 0) is 60.1 Å². The topological polar surface area (TPSA) is 140 Å². The van der Waals surface area contributed by atoms with Crippen molar-refractivity contribution in [1.29, 1.82) is 0 Å². The first-order chi connectivity index (χ1) is 15.2. The van der Waals surface area contributed by atoms with E-state index in [9.17, 15) is 18.0 Å². The normalized spacial score (nSPS) is 11.4. The minimum Gasteiger partial charge on any atom is -0.452 e. The number of anilines is 1. The molecular weight excluding hydrogens is 504 g/mol. The van der Waals surface area contributed by atoms with Crippen LogP contribution in [0.25, 0.3) is 11.5 Å². The number of carbonyl (C=O) groups excluding carboxylic acids is 2. The first-order valence-corrected chi connectivity index (χ1v) is 11.6. The number of nitrogens with zero attached hydrogens (tertiary/aromatic N) is 2. The van der Waals surface area contributed by atoms with E-state index in [1.165, 1.54) is 18.2 Å². The van der Waals surface area contributed by atoms with E-state index in [2.05, 4.69) is 36.2 Å². The van der Waals surface area contributed by atoms with Gasteiger partial charge in [0, 0.05) is 16.1 Å². The maximum Gasteiger partial charge on any atom is 0.339 e. The van der Waals surface area contributed by atoms with Crippen molar-refractivity contribution in [3.8, 4) is 11.5 Å². The molecule has 12 heteroatoms. The number of rotatable bonds is 8. The Bertz CT molecular complexity index is 1230. The van der Waals surface area contributed by atoms with E-state index in [0.29, 0.717) is 10.0 Å². The average molecular weight is 523 g/mol. The molecule has 3 rings (SSSR count). The minimum absolute atomic E-state index is 0.0476. The van der Waals surface area contributed by atoms with E-state index >= 15 is 0 Å². The number of hydrogen-bond acceptors (Lipinski definition) is 8. The molecule has 1 amide bonds. The van der Waals surface area contributed by atoms with Crippen molar-refractivity contribution in [2.45, 2.75) is 24.8 Å². The highest BCUT2D eigenvalue weighted by Crippen LogP contribution is 2.22. The van der Waals surface area contributed by atoms with Crippen LogP contribution in [0, 0.1) is 0 Å². The summed E-state index contributed by atoms with van der Waals surface area (Å²) in [4.78, 5) is 24.4. The number of hydrogen-bond donors (Lipinski definition) is 2. The number of halogens is 1. The molecule has 0 atom stereocenters. The van der Waals surface area contributed by atoms with Crippen LogP contribution in [-0.2, 0) is 19.6 Å². The van der Waals surface area contributed by atoms with E-state index in [0.717, 1.165) is 0 Å². The number of benzene rings is 2. The molecule has 0 aliphatic rings. The van der Waals surface area contributed by atoms with E-state index in [1.54, 1.807) is 38.1 Å². The lowest BCUT2D eigenvalue weighted by molar-refractivity contribution is -0.119. The molecule has 1 aromatic heterocycles. The Hall–Kier alpha value is -3.09. The van der Waals surface area contributed by atoms with E-state index in [1.807, 2.05) is 6.07 Å². The van der Waals surface area contributed by atoms with Crippen molar-refractivity contribution in [1.82, 2.24) is 14.9 Å². The predicted octanol–water partition coefficient (Wildman–Crippen LogP) is 2.98. The molecule has 2 N–H and O–H groups in total. The summed E-state index contributed by atoms with van der Waals surface area (Å²) in [6.45, 7) is 2.71. The Morgan fingerprint density at radius 3 is 2.53 bits per heavy atom. The molecule has 0 aliphatic carbocycles. The Morgan fingerprint density at radius 1 is 1.12 bits per heavy atom. The second kappa shape index (κ2) is 10.0. The van der Waals surface area contributed by atoms with Crippen molar-refractivity contribution in [2.75, 3.05) is 11.9 Å². The smallest absolute Gasteiger partial charge is 0.339 e. The first kappa shape index (κ1) is 23.6. The number of amides is 1. The molecule has 0 saturated heterocycles. The summed E-state index contributed by atoms with van der Waals surface area (Å²) in [6, 6.07) is 12.4. The third kappa shape index (κ3) is 5.99. The van der Waals surface area contributed by atoms with Crippen LogP contribution in [0.3, 0.4) is 0 Å². The lowest BCUT2D eigenvalue weighted by Crippen LogP contribution is -2.30. The molecule has 2 aromatic carbocycles. The highest BCUT2D eigenvalue weighted by molar-refractivity contribution is 9.10. The molecule has 0 saturated carbocycles. The van der Waals surface area contributed by atoms with Crippen LogP contribution in [0.15, 0.2) is 62.3 Å². The zero-order valence-electron chi connectivity index (χ0n) is 17.0. The molecule has 32 heavy (non-hydrogen) atoms. The molecule has 0 bridgehead atoms. The molecule has 0 radical (unpaired) electrons. The van der Waals surface area contributed by atoms with Crippen molar-refractivity contribution in [3.63, 3.8) is 0 Å². The number of carbonyl (C=O) groups is 2. The minimum atomic E-state index is -3.81. The van der Waals surface area contributed by atoms with Crippen LogP contribution in [0.4, 0.5) is 6.01 Å². The Kier molecular flexibility index (Phi) is 7.38. The van der Waals surface area contributed by atoms with Crippen molar-refractivity contribution in [3.05, 3.63) is 58.6 Å². The molecular formula is C20H19BrN4O6S. The summed E-state index contributed by atoms with van der Waals surface area (Å²) >= 11 is 3.18. The SMILES string of the molecule is CC(C)NS(=O)(=O)c1ccc(Br)c(C(=O)OCC(=O)Nc2nnc(-c3ccccc3)o2)c1. The van der Waals surface area contributed by atoms with Gasteiger partial charge in [0.25, 0.3) is 5.91 Å². The lowest BCUT2D eigenvalue weighted by atomic mass is 10.2. The highest BCUT2D eigenvalue weighted by Gasteiger charge is 2.21. The van der Waals surface area contributed by atoms with Gasteiger partial charge in [-0.25, -0.2) is 17.9 Å². The standard InChI is InChI=1S/C20H19BrN4O6S/c1-12(2)25-32(28,29)14-8-9-16(21)15(10-14)19(27)30-11-17(26)22-20-24-23-18(31-20)13-6-4-3-5-7-13/h3-10,12,25H,11H2,1-2H3,(H,22,24,26). The Morgan fingerprint density at radius 2 is 1.84 bits per heavy atom. The maximum atomic E-state index is 12.4. The summed E-state index contributed by atoms with van der Waals surface area (Å²) < 4.78 is 37.8. The van der Waals surface area contributed by atoms with Gasteiger partial charge < -0.3 is 9.15 Å². The van der Waals surface area contributed by atoms with E-state index in [4.69, 9.17) is 9.15 Å². The van der Waals surface area contributed by atoms with Crippen LogP contribution < -0.4 is 10.0 Å². The monoisotopic (exact) mass is 522 g/mol. The largest absolute Gasteiger partial charge is 0.452 e. The molecule has 0 fully saturated rings. The fourth-order valence-electron chi connectivity index (χ4n) is 2.54. The first-order valence-electron chi connectivity index (χ1n) is 9.33. The van der Waals surface area contributed by atoms with Crippen LogP contribution in [0.2, 0.25) is 0 Å². The van der Waals surface area contributed by atoms with E-state index < -0.39 is 28.5 Å². The third-order valence-corrected chi connectivity index (χ3v) is 6.23. The third-order valence-electron chi connectivity index (χ3n) is 3.89. The number of esters is 1. The maximum absolute atomic E-state index is 12.4. The zero-order valence-corrected chi connectivity index (χ0v) is 19.4. The Balaban J connectivity index is 1.63. The van der Waals surface area contributed by atoms with Crippen LogP contribution >= 0.6 is 15.9 Å². The second-order valence-electron chi connectivity index (χ2n) is 6.82. The van der Waals surface area contributed by atoms with Crippen molar-refractivity contribution >= 4 is 43.8 Å². The number of ether oxygens (including phenoxy) is 1. The molecule has 0 spiro atoms. The second-order valence-corrected chi connectivity index (χ2v) is 9.39. The van der Waals surface area contributed by atoms with Crippen LogP contribution in [0.5, 0.6) is 0 Å². The summed E-state index contributed by atoms with van der Waals surface area (Å²) in [5.74, 6) is -1.37. The molecule has 3 aromatic rings. The summed E-state index contributed by atoms with van der Waals surface area (Å²) in [5, 5.41) is 9.90. The van der Waals surface area contributed by atoms with Gasteiger partial charge in [0.2, 0.25) is 15.9 Å². The van der Waals surface area contributed by atoms with Gasteiger partial charge in [-0.15, -0.1) is 5.10 Å². The lowest BCUT2D eigenvalue weighted by Gasteiger charge is -2.11. The van der Waals surface area contributed by atoms with Crippen LogP contribution in [-0.4, -0.2) is 43.1 Å². The van der Waals surface area contributed by atoms with Gasteiger partial charge in [-0.1, -0.05) is 23.3 Å². The number of aromatic nitrogens is 2. The fourth-order valence-corrected chi connectivity index (χ4v) is 4.23.